The van der Waals surface area contributed by atoms with Gasteiger partial charge in [-0.2, -0.15) is 0 Å². The summed E-state index contributed by atoms with van der Waals surface area (Å²) in [5, 5.41) is 0. The number of carbonyl (C=O) groups excluding carboxylic acids is 1. The molecule has 1 heterocycles. The Morgan fingerprint density at radius 1 is 1.29 bits per heavy atom. The minimum absolute atomic E-state index is 0.0930. The Hall–Kier alpha value is -1.51. The molecule has 2 N–H and O–H groups in total. The second kappa shape index (κ2) is 3.49. The summed E-state index contributed by atoms with van der Waals surface area (Å²) in [6.45, 7) is 9.47. The fourth-order valence-corrected chi connectivity index (χ4v) is 2.51. The number of hydrogen-bond acceptors (Lipinski definition) is 3. The number of Topliss-reactive ketones (excluding diaryl/α,β-unsaturated/α-hetero) is 1. The minimum atomic E-state index is -0.750. The van der Waals surface area contributed by atoms with Crippen LogP contribution in [0.15, 0.2) is 34.3 Å². The number of fused-ring (bicyclic) bond motifs is 1. The zero-order valence-corrected chi connectivity index (χ0v) is 11.0. The molecule has 1 fully saturated rings. The van der Waals surface area contributed by atoms with Gasteiger partial charge in [-0.25, -0.2) is 0 Å². The van der Waals surface area contributed by atoms with E-state index < -0.39 is 5.60 Å². The highest BCUT2D eigenvalue weighted by Crippen LogP contribution is 2.46. The standard InChI is InChI=1S/C14H19NO2/c1-6-9-10-12(8(3)7(2)11(9)15)17-14(4,5)13(10)16/h6,10H,15H2,1-5H3. The molecule has 2 rings (SSSR count). The molecule has 0 radical (unpaired) electrons. The number of nitrogens with two attached hydrogens (primary N) is 1. The van der Waals surface area contributed by atoms with Crippen LogP contribution < -0.4 is 5.73 Å². The summed E-state index contributed by atoms with van der Waals surface area (Å²) in [5.74, 6) is 0.564. The maximum absolute atomic E-state index is 12.4. The van der Waals surface area contributed by atoms with Crippen molar-refractivity contribution in [3.63, 3.8) is 0 Å². The first-order valence-electron chi connectivity index (χ1n) is 5.88. The first kappa shape index (κ1) is 12.0. The number of ketones is 1. The SMILES string of the molecule is CC=C1C(N)=C(C)C(C)=C2OC(C)(C)C(=O)C12. The molecule has 1 saturated heterocycles. The molecule has 17 heavy (non-hydrogen) atoms. The second-order valence-electron chi connectivity index (χ2n) is 5.18. The lowest BCUT2D eigenvalue weighted by molar-refractivity contribution is -0.129. The minimum Gasteiger partial charge on any atom is -0.483 e. The molecule has 2 aliphatic rings. The lowest BCUT2D eigenvalue weighted by Gasteiger charge is -2.24. The largest absolute Gasteiger partial charge is 0.483 e. The van der Waals surface area contributed by atoms with Crippen LogP contribution in [0.2, 0.25) is 0 Å². The lowest BCUT2D eigenvalue weighted by atomic mass is 9.80. The molecule has 1 aliphatic heterocycles. The van der Waals surface area contributed by atoms with Crippen molar-refractivity contribution in [2.24, 2.45) is 11.7 Å². The zero-order chi connectivity index (χ0) is 13.0. The predicted molar refractivity (Wildman–Crippen MR) is 67.0 cm³/mol. The van der Waals surface area contributed by atoms with Crippen molar-refractivity contribution in [2.75, 3.05) is 0 Å². The van der Waals surface area contributed by atoms with Gasteiger partial charge in [-0.1, -0.05) is 6.08 Å². The third kappa shape index (κ3) is 1.45. The number of ether oxygens (including phenoxy) is 1. The topological polar surface area (TPSA) is 52.3 Å². The van der Waals surface area contributed by atoms with Crippen LogP contribution in [0.4, 0.5) is 0 Å². The summed E-state index contributed by atoms with van der Waals surface area (Å²) in [4.78, 5) is 12.4. The summed E-state index contributed by atoms with van der Waals surface area (Å²) < 4.78 is 5.83. The van der Waals surface area contributed by atoms with Crippen molar-refractivity contribution in [3.8, 4) is 0 Å². The molecule has 1 aliphatic carbocycles. The fraction of sp³-hybridized carbons (Fsp3) is 0.500. The van der Waals surface area contributed by atoms with E-state index in [0.29, 0.717) is 5.70 Å². The molecule has 0 aromatic carbocycles. The van der Waals surface area contributed by atoms with Gasteiger partial charge in [0.1, 0.15) is 11.7 Å². The normalized spacial score (nSPS) is 29.8. The molecule has 0 aromatic rings. The molecular formula is C14H19NO2. The van der Waals surface area contributed by atoms with Crippen molar-refractivity contribution >= 4 is 5.78 Å². The number of hydrogen-bond donors (Lipinski definition) is 1. The third-order valence-corrected chi connectivity index (χ3v) is 3.75. The molecule has 0 aromatic heterocycles. The van der Waals surface area contributed by atoms with Crippen molar-refractivity contribution in [3.05, 3.63) is 34.3 Å². The van der Waals surface area contributed by atoms with Crippen LogP contribution in [0.3, 0.4) is 0 Å². The van der Waals surface area contributed by atoms with Gasteiger partial charge in [0.2, 0.25) is 0 Å². The predicted octanol–water partition coefficient (Wildman–Crippen LogP) is 2.45. The highest BCUT2D eigenvalue weighted by molar-refractivity contribution is 5.97. The van der Waals surface area contributed by atoms with Gasteiger partial charge >= 0.3 is 0 Å². The van der Waals surface area contributed by atoms with E-state index in [1.54, 1.807) is 0 Å². The Morgan fingerprint density at radius 2 is 1.88 bits per heavy atom. The summed E-state index contributed by atoms with van der Waals surface area (Å²) in [6.07, 6.45) is 1.92. The van der Waals surface area contributed by atoms with E-state index in [-0.39, 0.29) is 11.7 Å². The molecule has 3 heteroatoms. The van der Waals surface area contributed by atoms with Gasteiger partial charge in [0.25, 0.3) is 0 Å². The van der Waals surface area contributed by atoms with Crippen LogP contribution in [0.25, 0.3) is 0 Å². The average molecular weight is 233 g/mol. The number of rotatable bonds is 0. The van der Waals surface area contributed by atoms with Crippen molar-refractivity contribution in [2.45, 2.75) is 40.2 Å². The Morgan fingerprint density at radius 3 is 2.41 bits per heavy atom. The first-order valence-corrected chi connectivity index (χ1v) is 5.88. The maximum Gasteiger partial charge on any atom is 0.190 e. The van der Waals surface area contributed by atoms with Crippen LogP contribution in [-0.4, -0.2) is 11.4 Å². The number of allylic oxidation sites excluding steroid dienone is 5. The fourth-order valence-electron chi connectivity index (χ4n) is 2.51. The molecule has 0 saturated carbocycles. The quantitative estimate of drug-likeness (QED) is 0.699. The van der Waals surface area contributed by atoms with Crippen LogP contribution in [0.5, 0.6) is 0 Å². The summed E-state index contributed by atoms with van der Waals surface area (Å²) in [6, 6.07) is 0. The monoisotopic (exact) mass is 233 g/mol. The molecule has 92 valence electrons. The summed E-state index contributed by atoms with van der Waals surface area (Å²) in [5.41, 5.74) is 8.96. The Labute approximate surface area is 102 Å². The van der Waals surface area contributed by atoms with Crippen molar-refractivity contribution in [1.82, 2.24) is 0 Å². The van der Waals surface area contributed by atoms with Gasteiger partial charge in [-0.05, 0) is 51.3 Å². The molecule has 0 bridgehead atoms. The Balaban J connectivity index is 2.66. The van der Waals surface area contributed by atoms with Crippen LogP contribution in [0, 0.1) is 5.92 Å². The van der Waals surface area contributed by atoms with E-state index >= 15 is 0 Å². The number of carbonyl (C=O) groups is 1. The Bertz CT molecular complexity index is 492. The van der Waals surface area contributed by atoms with Gasteiger partial charge in [-0.15, -0.1) is 0 Å². The van der Waals surface area contributed by atoms with E-state index in [4.69, 9.17) is 10.5 Å². The average Bonchev–Trinajstić information content (AvgIpc) is 2.50. The van der Waals surface area contributed by atoms with E-state index in [1.807, 2.05) is 40.7 Å². The highest BCUT2D eigenvalue weighted by Gasteiger charge is 2.50. The maximum atomic E-state index is 12.4. The van der Waals surface area contributed by atoms with Crippen LogP contribution >= 0.6 is 0 Å². The second-order valence-corrected chi connectivity index (χ2v) is 5.18. The summed E-state index contributed by atoms with van der Waals surface area (Å²) in [7, 11) is 0. The highest BCUT2D eigenvalue weighted by atomic mass is 16.5. The smallest absolute Gasteiger partial charge is 0.190 e. The van der Waals surface area contributed by atoms with Gasteiger partial charge in [0, 0.05) is 5.70 Å². The van der Waals surface area contributed by atoms with E-state index in [0.717, 1.165) is 22.5 Å². The molecule has 0 amide bonds. The van der Waals surface area contributed by atoms with Gasteiger partial charge in [0.05, 0.1) is 0 Å². The van der Waals surface area contributed by atoms with E-state index in [2.05, 4.69) is 0 Å². The van der Waals surface area contributed by atoms with E-state index in [9.17, 15) is 4.79 Å². The van der Waals surface area contributed by atoms with Gasteiger partial charge < -0.3 is 10.5 Å². The van der Waals surface area contributed by atoms with Gasteiger partial charge in [-0.3, -0.25) is 4.79 Å². The Kier molecular flexibility index (Phi) is 2.45. The zero-order valence-electron chi connectivity index (χ0n) is 11.0. The lowest BCUT2D eigenvalue weighted by Crippen LogP contribution is -2.31. The first-order chi connectivity index (χ1) is 7.81. The third-order valence-electron chi connectivity index (χ3n) is 3.75. The molecule has 1 unspecified atom stereocenters. The molecule has 3 nitrogen and oxygen atoms in total. The van der Waals surface area contributed by atoms with E-state index in [1.165, 1.54) is 0 Å². The molecule has 0 spiro atoms. The van der Waals surface area contributed by atoms with Crippen LogP contribution in [-0.2, 0) is 9.53 Å². The summed E-state index contributed by atoms with van der Waals surface area (Å²) >= 11 is 0. The van der Waals surface area contributed by atoms with Crippen LogP contribution in [0.1, 0.15) is 34.6 Å². The van der Waals surface area contributed by atoms with Crippen molar-refractivity contribution in [1.29, 1.82) is 0 Å². The van der Waals surface area contributed by atoms with Crippen molar-refractivity contribution < 1.29 is 9.53 Å². The molecular weight excluding hydrogens is 214 g/mol. The molecule has 1 atom stereocenters. The van der Waals surface area contributed by atoms with Gasteiger partial charge in [0.15, 0.2) is 11.4 Å².